The summed E-state index contributed by atoms with van der Waals surface area (Å²) < 4.78 is 55.5. The summed E-state index contributed by atoms with van der Waals surface area (Å²) >= 11 is 0.456. The number of benzene rings is 3. The number of carbonyl (C=O) groups excluding carboxylic acids is 1. The van der Waals surface area contributed by atoms with Gasteiger partial charge in [0.25, 0.3) is 11.7 Å². The summed E-state index contributed by atoms with van der Waals surface area (Å²) in [5.41, 5.74) is 2.15. The van der Waals surface area contributed by atoms with Crippen molar-refractivity contribution in [2.75, 3.05) is 28.7 Å². The van der Waals surface area contributed by atoms with Crippen LogP contribution in [-0.2, 0) is 10.0 Å². The summed E-state index contributed by atoms with van der Waals surface area (Å²) in [6.07, 6.45) is 1.03. The van der Waals surface area contributed by atoms with Gasteiger partial charge in [0.05, 0.1) is 30.3 Å². The zero-order valence-corrected chi connectivity index (χ0v) is 19.3. The normalized spacial score (nSPS) is 11.2. The summed E-state index contributed by atoms with van der Waals surface area (Å²) in [6, 6.07) is 17.8. The third-order valence-electron chi connectivity index (χ3n) is 4.28. The van der Waals surface area contributed by atoms with Crippen LogP contribution in [0.4, 0.5) is 31.5 Å². The summed E-state index contributed by atoms with van der Waals surface area (Å²) in [5, 5.41) is 5.88. The highest BCUT2D eigenvalue weighted by atomic mass is 32.2. The summed E-state index contributed by atoms with van der Waals surface area (Å²) in [5.74, 6) is -2.66. The highest BCUT2D eigenvalue weighted by Crippen LogP contribution is 2.30. The molecule has 0 bridgehead atoms. The smallest absolute Gasteiger partial charge is 0.288 e. The van der Waals surface area contributed by atoms with E-state index >= 15 is 0 Å². The minimum absolute atomic E-state index is 0.242. The van der Waals surface area contributed by atoms with Crippen LogP contribution in [0.1, 0.15) is 10.4 Å². The number of methoxy groups -OCH3 is 1. The van der Waals surface area contributed by atoms with Crippen molar-refractivity contribution in [2.24, 2.45) is 0 Å². The second-order valence-corrected chi connectivity index (χ2v) is 9.63. The van der Waals surface area contributed by atoms with Gasteiger partial charge in [-0.2, -0.15) is 8.78 Å². The molecule has 0 spiro atoms. The molecule has 0 aliphatic heterocycles. The van der Waals surface area contributed by atoms with Crippen molar-refractivity contribution < 1.29 is 26.7 Å². The summed E-state index contributed by atoms with van der Waals surface area (Å²) in [6.45, 7) is 0. The van der Waals surface area contributed by atoms with E-state index in [2.05, 4.69) is 15.4 Å². The number of amides is 1. The molecule has 3 aromatic rings. The van der Waals surface area contributed by atoms with Gasteiger partial charge in [0.15, 0.2) is 0 Å². The first-order valence-corrected chi connectivity index (χ1v) is 12.3. The lowest BCUT2D eigenvalue weighted by Gasteiger charge is -2.14. The number of carbonyl (C=O) groups is 1. The Morgan fingerprint density at radius 1 is 0.970 bits per heavy atom. The molecule has 0 saturated heterocycles. The van der Waals surface area contributed by atoms with Gasteiger partial charge in [-0.25, -0.2) is 8.42 Å². The van der Waals surface area contributed by atoms with E-state index in [0.29, 0.717) is 39.3 Å². The Balaban J connectivity index is 1.77. The van der Waals surface area contributed by atoms with Gasteiger partial charge >= 0.3 is 0 Å². The van der Waals surface area contributed by atoms with Crippen molar-refractivity contribution >= 4 is 50.4 Å². The van der Waals surface area contributed by atoms with Crippen LogP contribution in [0.15, 0.2) is 71.6 Å². The van der Waals surface area contributed by atoms with Crippen LogP contribution < -0.4 is 20.1 Å². The first kappa shape index (κ1) is 24.3. The molecule has 33 heavy (non-hydrogen) atoms. The van der Waals surface area contributed by atoms with Crippen LogP contribution in [-0.4, -0.2) is 33.4 Å². The van der Waals surface area contributed by atoms with Crippen LogP contribution in [0, 0.1) is 0 Å². The quantitative estimate of drug-likeness (QED) is 0.347. The topological polar surface area (TPSA) is 96.5 Å². The van der Waals surface area contributed by atoms with Gasteiger partial charge in [-0.3, -0.25) is 9.52 Å². The third-order valence-corrected chi connectivity index (χ3v) is 5.60. The largest absolute Gasteiger partial charge is 0.494 e. The molecule has 3 aromatic carbocycles. The lowest BCUT2D eigenvalue weighted by Crippen LogP contribution is -2.14. The molecule has 0 heterocycles. The molecule has 3 N–H and O–H groups in total. The minimum Gasteiger partial charge on any atom is -0.494 e. The molecule has 0 aromatic heterocycles. The molecule has 0 aliphatic carbocycles. The molecular formula is C22H21F2N3O4S2. The lowest BCUT2D eigenvalue weighted by molar-refractivity contribution is 0.102. The van der Waals surface area contributed by atoms with Gasteiger partial charge in [0.2, 0.25) is 10.0 Å². The van der Waals surface area contributed by atoms with E-state index in [1.165, 1.54) is 19.2 Å². The van der Waals surface area contributed by atoms with Crippen LogP contribution in [0.3, 0.4) is 0 Å². The van der Waals surface area contributed by atoms with Gasteiger partial charge in [-0.05, 0) is 48.5 Å². The minimum atomic E-state index is -3.50. The average molecular weight is 494 g/mol. The second kappa shape index (κ2) is 10.5. The number of rotatable bonds is 9. The first-order valence-electron chi connectivity index (χ1n) is 9.53. The van der Waals surface area contributed by atoms with E-state index < -0.39 is 21.7 Å². The molecule has 3 rings (SSSR count). The number of alkyl halides is 2. The number of sulfonamides is 1. The Labute approximate surface area is 194 Å². The van der Waals surface area contributed by atoms with Crippen molar-refractivity contribution in [1.82, 2.24) is 0 Å². The monoisotopic (exact) mass is 493 g/mol. The van der Waals surface area contributed by atoms with Crippen molar-refractivity contribution in [3.63, 3.8) is 0 Å². The zero-order chi connectivity index (χ0) is 24.0. The van der Waals surface area contributed by atoms with Gasteiger partial charge < -0.3 is 15.4 Å². The zero-order valence-electron chi connectivity index (χ0n) is 17.6. The van der Waals surface area contributed by atoms with Crippen LogP contribution in [0.2, 0.25) is 0 Å². The Morgan fingerprint density at radius 3 is 2.27 bits per heavy atom. The van der Waals surface area contributed by atoms with Crippen LogP contribution >= 0.6 is 11.8 Å². The van der Waals surface area contributed by atoms with Gasteiger partial charge in [0.1, 0.15) is 5.75 Å². The van der Waals surface area contributed by atoms with Crippen molar-refractivity contribution in [3.05, 3.63) is 72.3 Å². The van der Waals surface area contributed by atoms with E-state index in [0.717, 1.165) is 6.26 Å². The van der Waals surface area contributed by atoms with E-state index in [1.807, 2.05) is 0 Å². The number of ether oxygens (including phenoxy) is 1. The Morgan fingerprint density at radius 2 is 1.64 bits per heavy atom. The highest BCUT2D eigenvalue weighted by Gasteiger charge is 2.14. The Kier molecular flexibility index (Phi) is 7.77. The average Bonchev–Trinajstić information content (AvgIpc) is 2.75. The number of hydrogen-bond donors (Lipinski definition) is 3. The fourth-order valence-electron chi connectivity index (χ4n) is 2.92. The lowest BCUT2D eigenvalue weighted by atomic mass is 10.1. The number of halogens is 2. The summed E-state index contributed by atoms with van der Waals surface area (Å²) in [4.78, 5) is 13.4. The number of para-hydroxylation sites is 1. The Bertz CT molecular complexity index is 1240. The highest BCUT2D eigenvalue weighted by molar-refractivity contribution is 7.99. The second-order valence-electron chi connectivity index (χ2n) is 6.82. The summed E-state index contributed by atoms with van der Waals surface area (Å²) in [7, 11) is -2.11. The van der Waals surface area contributed by atoms with E-state index in [4.69, 9.17) is 4.74 Å². The molecule has 0 aliphatic rings. The molecule has 11 heteroatoms. The van der Waals surface area contributed by atoms with Gasteiger partial charge in [-0.15, -0.1) is 0 Å². The van der Waals surface area contributed by atoms with Crippen molar-refractivity contribution in [3.8, 4) is 5.75 Å². The molecule has 0 unspecified atom stereocenters. The predicted octanol–water partition coefficient (Wildman–Crippen LogP) is 5.38. The molecule has 0 radical (unpaired) electrons. The Hall–Kier alpha value is -3.31. The maximum absolute atomic E-state index is 12.9. The number of hydrogen-bond acceptors (Lipinski definition) is 6. The fraction of sp³-hybridized carbons (Fsp3) is 0.136. The van der Waals surface area contributed by atoms with Crippen molar-refractivity contribution in [2.45, 2.75) is 10.7 Å². The maximum atomic E-state index is 12.9. The molecule has 0 fully saturated rings. The van der Waals surface area contributed by atoms with Crippen molar-refractivity contribution in [1.29, 1.82) is 0 Å². The number of anilines is 4. The molecule has 0 atom stereocenters. The maximum Gasteiger partial charge on any atom is 0.288 e. The van der Waals surface area contributed by atoms with E-state index in [9.17, 15) is 22.0 Å². The standard InChI is InChI=1S/C22H21F2N3O4S2/c1-31-20-13-15(9-12-19(20)27-33(2,29)30)26-21(28)17-5-3-4-6-18(17)25-14-7-10-16(11-8-14)32-22(23)24/h3-13,22,25,27H,1-2H3,(H,26,28). The molecule has 1 amide bonds. The fourth-order valence-corrected chi connectivity index (χ4v) is 3.98. The first-order chi connectivity index (χ1) is 15.6. The predicted molar refractivity (Wildman–Crippen MR) is 127 cm³/mol. The molecular weight excluding hydrogens is 472 g/mol. The third kappa shape index (κ3) is 7.09. The molecule has 0 saturated carbocycles. The molecule has 174 valence electrons. The van der Waals surface area contributed by atoms with Gasteiger partial charge in [0, 0.05) is 22.3 Å². The van der Waals surface area contributed by atoms with Crippen LogP contribution in [0.25, 0.3) is 0 Å². The van der Waals surface area contributed by atoms with E-state index in [-0.39, 0.29) is 11.4 Å². The van der Waals surface area contributed by atoms with E-state index in [1.54, 1.807) is 54.6 Å². The molecule has 7 nitrogen and oxygen atoms in total. The SMILES string of the molecule is COc1cc(NC(=O)c2ccccc2Nc2ccc(SC(F)F)cc2)ccc1NS(C)(=O)=O. The van der Waals surface area contributed by atoms with Gasteiger partial charge in [-0.1, -0.05) is 23.9 Å². The van der Waals surface area contributed by atoms with Crippen LogP contribution in [0.5, 0.6) is 5.75 Å². The number of thioether (sulfide) groups is 1. The number of nitrogens with one attached hydrogen (secondary N) is 3.